The lowest BCUT2D eigenvalue weighted by molar-refractivity contribution is -0.147. The van der Waals surface area contributed by atoms with Gasteiger partial charge in [0.2, 0.25) is 23.6 Å². The van der Waals surface area contributed by atoms with Crippen molar-refractivity contribution >= 4 is 35.6 Å². The van der Waals surface area contributed by atoms with Crippen molar-refractivity contribution in [3.8, 4) is 0 Å². The predicted molar refractivity (Wildman–Crippen MR) is 123 cm³/mol. The van der Waals surface area contributed by atoms with Gasteiger partial charge in [-0.2, -0.15) is 0 Å². The van der Waals surface area contributed by atoms with E-state index in [1.807, 2.05) is 5.32 Å². The van der Waals surface area contributed by atoms with E-state index < -0.39 is 72.6 Å². The van der Waals surface area contributed by atoms with E-state index in [9.17, 15) is 28.8 Å². The molecule has 0 fully saturated rings. The van der Waals surface area contributed by atoms with Gasteiger partial charge in [-0.1, -0.05) is 6.42 Å². The molecule has 0 aliphatic heterocycles. The van der Waals surface area contributed by atoms with Gasteiger partial charge in [-0.15, -0.1) is 0 Å². The molecule has 4 unspecified atom stereocenters. The summed E-state index contributed by atoms with van der Waals surface area (Å²) in [7, 11) is 0. The molecule has 200 valence electrons. The summed E-state index contributed by atoms with van der Waals surface area (Å²) in [4.78, 5) is 71.4. The van der Waals surface area contributed by atoms with Crippen LogP contribution in [0.15, 0.2) is 0 Å². The van der Waals surface area contributed by atoms with Crippen molar-refractivity contribution in [2.45, 2.75) is 75.5 Å². The van der Waals surface area contributed by atoms with Crippen molar-refractivity contribution in [1.29, 1.82) is 0 Å². The van der Waals surface area contributed by atoms with Gasteiger partial charge < -0.3 is 49.1 Å². The first kappa shape index (κ1) is 31.7. The second kappa shape index (κ2) is 17.2. The number of unbranched alkanes of at least 4 members (excludes halogenated alkanes) is 2. The molecular weight excluding hydrogens is 466 g/mol. The van der Waals surface area contributed by atoms with Crippen molar-refractivity contribution in [3.05, 3.63) is 0 Å². The van der Waals surface area contributed by atoms with Crippen LogP contribution in [0.2, 0.25) is 0 Å². The fraction of sp³-hybridized carbons (Fsp3) is 0.700. The SMILES string of the molecule is NCCCCC(N)C(=O)NC(CCCCN)C(=O)NC(CC(N)=O)C(=O)NC(CC(=O)O)C(=O)O. The van der Waals surface area contributed by atoms with Gasteiger partial charge in [0.05, 0.1) is 18.9 Å². The van der Waals surface area contributed by atoms with Gasteiger partial charge in [0.1, 0.15) is 18.1 Å². The number of rotatable bonds is 19. The first-order valence-electron chi connectivity index (χ1n) is 11.2. The minimum atomic E-state index is -1.81. The van der Waals surface area contributed by atoms with Crippen LogP contribution in [0.3, 0.4) is 0 Å². The van der Waals surface area contributed by atoms with Crippen molar-refractivity contribution < 1.29 is 39.0 Å². The molecular formula is C20H37N7O8. The van der Waals surface area contributed by atoms with Gasteiger partial charge in [0.25, 0.3) is 0 Å². The summed E-state index contributed by atoms with van der Waals surface area (Å²) < 4.78 is 0. The first-order valence-corrected chi connectivity index (χ1v) is 11.2. The smallest absolute Gasteiger partial charge is 0.326 e. The second-order valence-corrected chi connectivity index (χ2v) is 7.97. The summed E-state index contributed by atoms with van der Waals surface area (Å²) in [6, 6.07) is -5.45. The zero-order chi connectivity index (χ0) is 27.0. The summed E-state index contributed by atoms with van der Waals surface area (Å²) in [5, 5.41) is 24.7. The van der Waals surface area contributed by atoms with Crippen LogP contribution in [-0.4, -0.2) is 83.0 Å². The number of carboxylic acid groups (broad SMARTS) is 2. The van der Waals surface area contributed by atoms with Crippen LogP contribution in [0.1, 0.15) is 51.4 Å². The molecule has 0 aromatic heterocycles. The van der Waals surface area contributed by atoms with E-state index in [-0.39, 0.29) is 6.42 Å². The summed E-state index contributed by atoms with van der Waals surface area (Å²) >= 11 is 0. The van der Waals surface area contributed by atoms with Crippen molar-refractivity contribution in [2.75, 3.05) is 13.1 Å². The van der Waals surface area contributed by atoms with E-state index in [2.05, 4.69) is 10.6 Å². The standard InChI is InChI=1S/C20H37N7O8/c21-7-3-1-5-11(23)17(31)25-12(6-2-4-8-22)18(32)26-13(9-15(24)28)19(33)27-14(20(34)35)10-16(29)30/h11-14H,1-10,21-23H2,(H2,24,28)(H,25,31)(H,26,32)(H,27,33)(H,29,30)(H,34,35). The topological polar surface area (TPSA) is 283 Å². The van der Waals surface area contributed by atoms with E-state index in [0.29, 0.717) is 45.2 Å². The molecule has 0 aromatic rings. The molecule has 4 amide bonds. The number of carboxylic acids is 2. The van der Waals surface area contributed by atoms with Crippen LogP contribution < -0.4 is 38.9 Å². The fourth-order valence-electron chi connectivity index (χ4n) is 3.01. The average Bonchev–Trinajstić information content (AvgIpc) is 2.76. The van der Waals surface area contributed by atoms with Crippen LogP contribution in [-0.2, 0) is 28.8 Å². The highest BCUT2D eigenvalue weighted by Gasteiger charge is 2.31. The van der Waals surface area contributed by atoms with Gasteiger partial charge in [-0.05, 0) is 45.2 Å². The molecule has 0 saturated heterocycles. The monoisotopic (exact) mass is 503 g/mol. The summed E-state index contributed by atoms with van der Waals surface area (Å²) in [5.41, 5.74) is 21.9. The largest absolute Gasteiger partial charge is 0.481 e. The Morgan fingerprint density at radius 1 is 0.657 bits per heavy atom. The number of hydrogen-bond acceptors (Lipinski definition) is 9. The quantitative estimate of drug-likeness (QED) is 0.0778. The molecule has 13 N–H and O–H groups in total. The third-order valence-electron chi connectivity index (χ3n) is 4.92. The van der Waals surface area contributed by atoms with Crippen molar-refractivity contribution in [1.82, 2.24) is 16.0 Å². The molecule has 0 aliphatic rings. The Bertz CT molecular complexity index is 749. The van der Waals surface area contributed by atoms with Gasteiger partial charge >= 0.3 is 11.9 Å². The predicted octanol–water partition coefficient (Wildman–Crippen LogP) is -3.54. The van der Waals surface area contributed by atoms with Crippen molar-refractivity contribution in [3.63, 3.8) is 0 Å². The molecule has 35 heavy (non-hydrogen) atoms. The number of carbonyl (C=O) groups is 6. The fourth-order valence-corrected chi connectivity index (χ4v) is 3.01. The zero-order valence-electron chi connectivity index (χ0n) is 19.5. The van der Waals surface area contributed by atoms with Crippen LogP contribution in [0.5, 0.6) is 0 Å². The normalized spacial score (nSPS) is 14.1. The van der Waals surface area contributed by atoms with Gasteiger partial charge in [0, 0.05) is 0 Å². The molecule has 0 heterocycles. The Kier molecular flexibility index (Phi) is 15.6. The Morgan fingerprint density at radius 3 is 1.63 bits per heavy atom. The molecule has 0 spiro atoms. The maximum absolute atomic E-state index is 12.9. The molecule has 0 rings (SSSR count). The Hall–Kier alpha value is -3.30. The molecule has 4 atom stereocenters. The van der Waals surface area contributed by atoms with Crippen molar-refractivity contribution in [2.24, 2.45) is 22.9 Å². The highest BCUT2D eigenvalue weighted by molar-refractivity contribution is 5.96. The number of hydrogen-bond donors (Lipinski definition) is 9. The van der Waals surface area contributed by atoms with Gasteiger partial charge in [-0.3, -0.25) is 24.0 Å². The lowest BCUT2D eigenvalue weighted by Gasteiger charge is -2.24. The lowest BCUT2D eigenvalue weighted by atomic mass is 10.0. The van der Waals surface area contributed by atoms with E-state index >= 15 is 0 Å². The number of aliphatic carboxylic acids is 2. The third kappa shape index (κ3) is 13.9. The first-order chi connectivity index (χ1) is 16.4. The highest BCUT2D eigenvalue weighted by atomic mass is 16.4. The molecule has 15 nitrogen and oxygen atoms in total. The molecule has 0 radical (unpaired) electrons. The van der Waals surface area contributed by atoms with E-state index in [4.69, 9.17) is 33.1 Å². The number of carbonyl (C=O) groups excluding carboxylic acids is 4. The second-order valence-electron chi connectivity index (χ2n) is 7.97. The van der Waals surface area contributed by atoms with Crippen LogP contribution in [0.4, 0.5) is 0 Å². The zero-order valence-corrected chi connectivity index (χ0v) is 19.5. The summed E-state index contributed by atoms with van der Waals surface area (Å²) in [5.74, 6) is -6.66. The van der Waals surface area contributed by atoms with Crippen LogP contribution >= 0.6 is 0 Å². The summed E-state index contributed by atoms with van der Waals surface area (Å²) in [6.07, 6.45) is 1.13. The molecule has 0 bridgehead atoms. The number of primary amides is 1. The Labute approximate surface area is 202 Å². The maximum Gasteiger partial charge on any atom is 0.326 e. The molecule has 0 aliphatic carbocycles. The van der Waals surface area contributed by atoms with Crippen LogP contribution in [0.25, 0.3) is 0 Å². The minimum Gasteiger partial charge on any atom is -0.481 e. The highest BCUT2D eigenvalue weighted by Crippen LogP contribution is 2.06. The molecule has 0 aromatic carbocycles. The van der Waals surface area contributed by atoms with E-state index in [1.165, 1.54) is 0 Å². The van der Waals surface area contributed by atoms with Gasteiger partial charge in [0.15, 0.2) is 0 Å². The van der Waals surface area contributed by atoms with Gasteiger partial charge in [-0.25, -0.2) is 4.79 Å². The number of nitrogens with two attached hydrogens (primary N) is 4. The minimum absolute atomic E-state index is 0.145. The summed E-state index contributed by atoms with van der Waals surface area (Å²) in [6.45, 7) is 0.782. The molecule has 0 saturated carbocycles. The number of nitrogens with one attached hydrogen (secondary N) is 3. The molecule has 15 heteroatoms. The maximum atomic E-state index is 12.9. The lowest BCUT2D eigenvalue weighted by Crippen LogP contribution is -2.57. The Morgan fingerprint density at radius 2 is 1.14 bits per heavy atom. The van der Waals surface area contributed by atoms with E-state index in [1.54, 1.807) is 0 Å². The van der Waals surface area contributed by atoms with E-state index in [0.717, 1.165) is 0 Å². The number of amides is 4. The average molecular weight is 504 g/mol. The Balaban J connectivity index is 5.48. The third-order valence-corrected chi connectivity index (χ3v) is 4.92. The van der Waals surface area contributed by atoms with Crippen LogP contribution in [0, 0.1) is 0 Å².